The van der Waals surface area contributed by atoms with Crippen LogP contribution in [0.5, 0.6) is 0 Å². The Morgan fingerprint density at radius 3 is 2.85 bits per heavy atom. The SMILES string of the molecule is O=C(Nc1ccc(Cl)c(Cl)c1)c1nc2ncccn2n1. The molecule has 0 bridgehead atoms. The highest BCUT2D eigenvalue weighted by Crippen LogP contribution is 2.25. The van der Waals surface area contributed by atoms with E-state index in [1.54, 1.807) is 36.7 Å². The van der Waals surface area contributed by atoms with Gasteiger partial charge in [-0.15, -0.1) is 5.10 Å². The summed E-state index contributed by atoms with van der Waals surface area (Å²) in [6.45, 7) is 0. The van der Waals surface area contributed by atoms with Crippen molar-refractivity contribution in [3.05, 3.63) is 52.5 Å². The van der Waals surface area contributed by atoms with E-state index in [1.807, 2.05) is 0 Å². The van der Waals surface area contributed by atoms with E-state index in [0.717, 1.165) is 0 Å². The molecule has 0 unspecified atom stereocenters. The van der Waals surface area contributed by atoms with Crippen molar-refractivity contribution in [3.8, 4) is 0 Å². The van der Waals surface area contributed by atoms with Gasteiger partial charge in [0.2, 0.25) is 5.82 Å². The van der Waals surface area contributed by atoms with Gasteiger partial charge in [-0.25, -0.2) is 9.50 Å². The van der Waals surface area contributed by atoms with Crippen molar-refractivity contribution in [1.82, 2.24) is 19.6 Å². The van der Waals surface area contributed by atoms with E-state index < -0.39 is 5.91 Å². The molecular formula is C12H7Cl2N5O. The highest BCUT2D eigenvalue weighted by Gasteiger charge is 2.13. The topological polar surface area (TPSA) is 72.2 Å². The summed E-state index contributed by atoms with van der Waals surface area (Å²) in [7, 11) is 0. The monoisotopic (exact) mass is 307 g/mol. The first kappa shape index (κ1) is 12.8. The number of carbonyl (C=O) groups excluding carboxylic acids is 1. The predicted octanol–water partition coefficient (Wildman–Crippen LogP) is 2.68. The molecule has 0 saturated heterocycles. The smallest absolute Gasteiger partial charge is 0.295 e. The van der Waals surface area contributed by atoms with Crippen LogP contribution in [-0.2, 0) is 0 Å². The molecule has 0 aliphatic rings. The third-order valence-electron chi connectivity index (χ3n) is 2.50. The lowest BCUT2D eigenvalue weighted by molar-refractivity contribution is 0.101. The van der Waals surface area contributed by atoms with Gasteiger partial charge in [-0.3, -0.25) is 4.79 Å². The second-order valence-electron chi connectivity index (χ2n) is 3.88. The van der Waals surface area contributed by atoms with E-state index >= 15 is 0 Å². The van der Waals surface area contributed by atoms with Crippen LogP contribution in [0.15, 0.2) is 36.7 Å². The molecule has 2 aromatic heterocycles. The highest BCUT2D eigenvalue weighted by atomic mass is 35.5. The van der Waals surface area contributed by atoms with Crippen molar-refractivity contribution < 1.29 is 4.79 Å². The van der Waals surface area contributed by atoms with E-state index in [2.05, 4.69) is 20.4 Å². The summed E-state index contributed by atoms with van der Waals surface area (Å²) in [5.41, 5.74) is 0.510. The first-order valence-corrected chi connectivity index (χ1v) is 6.33. The van der Waals surface area contributed by atoms with Crippen molar-refractivity contribution in [2.45, 2.75) is 0 Å². The summed E-state index contributed by atoms with van der Waals surface area (Å²) in [6.07, 6.45) is 3.23. The van der Waals surface area contributed by atoms with Gasteiger partial charge in [0, 0.05) is 18.1 Å². The van der Waals surface area contributed by atoms with Gasteiger partial charge < -0.3 is 5.32 Å². The average molecular weight is 308 g/mol. The van der Waals surface area contributed by atoms with Gasteiger partial charge in [0.1, 0.15) is 0 Å². The average Bonchev–Trinajstić information content (AvgIpc) is 2.87. The van der Waals surface area contributed by atoms with Gasteiger partial charge in [-0.05, 0) is 24.3 Å². The molecule has 0 atom stereocenters. The zero-order chi connectivity index (χ0) is 14.1. The molecule has 0 aliphatic carbocycles. The molecule has 2 heterocycles. The Morgan fingerprint density at radius 1 is 1.25 bits per heavy atom. The first-order valence-electron chi connectivity index (χ1n) is 5.57. The van der Waals surface area contributed by atoms with Crippen LogP contribution in [0.2, 0.25) is 10.0 Å². The number of carbonyl (C=O) groups is 1. The number of nitrogens with one attached hydrogen (secondary N) is 1. The number of nitrogens with zero attached hydrogens (tertiary/aromatic N) is 4. The standard InChI is InChI=1S/C12H7Cl2N5O/c13-8-3-2-7(6-9(8)14)16-11(20)10-17-12-15-4-1-5-19(12)18-10/h1-6H,(H,16,20). The number of rotatable bonds is 2. The normalized spacial score (nSPS) is 10.7. The third kappa shape index (κ3) is 2.43. The number of hydrogen-bond acceptors (Lipinski definition) is 4. The molecule has 1 amide bonds. The molecule has 0 fully saturated rings. The van der Waals surface area contributed by atoms with Crippen molar-refractivity contribution in [2.75, 3.05) is 5.32 Å². The van der Waals surface area contributed by atoms with Gasteiger partial charge in [0.05, 0.1) is 10.0 Å². The quantitative estimate of drug-likeness (QED) is 0.790. The van der Waals surface area contributed by atoms with E-state index in [1.165, 1.54) is 4.52 Å². The number of anilines is 1. The fraction of sp³-hybridized carbons (Fsp3) is 0. The van der Waals surface area contributed by atoms with Crippen LogP contribution in [0.3, 0.4) is 0 Å². The lowest BCUT2D eigenvalue weighted by Gasteiger charge is -2.03. The maximum atomic E-state index is 12.0. The van der Waals surface area contributed by atoms with Gasteiger partial charge in [-0.2, -0.15) is 4.98 Å². The van der Waals surface area contributed by atoms with Gasteiger partial charge >= 0.3 is 0 Å². The molecule has 0 saturated carbocycles. The molecule has 1 aromatic carbocycles. The molecule has 3 aromatic rings. The van der Waals surface area contributed by atoms with E-state index in [0.29, 0.717) is 21.5 Å². The van der Waals surface area contributed by atoms with Crippen molar-refractivity contribution in [1.29, 1.82) is 0 Å². The summed E-state index contributed by atoms with van der Waals surface area (Å²) < 4.78 is 1.42. The van der Waals surface area contributed by atoms with Crippen LogP contribution in [0.4, 0.5) is 5.69 Å². The number of aromatic nitrogens is 4. The van der Waals surface area contributed by atoms with Crippen LogP contribution in [0.25, 0.3) is 5.78 Å². The molecule has 100 valence electrons. The molecule has 0 radical (unpaired) electrons. The minimum Gasteiger partial charge on any atom is -0.319 e. The Kier molecular flexibility index (Phi) is 3.25. The predicted molar refractivity (Wildman–Crippen MR) is 75.2 cm³/mol. The molecule has 1 N–H and O–H groups in total. The number of amides is 1. The van der Waals surface area contributed by atoms with E-state index in [4.69, 9.17) is 23.2 Å². The molecule has 20 heavy (non-hydrogen) atoms. The highest BCUT2D eigenvalue weighted by molar-refractivity contribution is 6.42. The van der Waals surface area contributed by atoms with Crippen LogP contribution >= 0.6 is 23.2 Å². The Morgan fingerprint density at radius 2 is 2.10 bits per heavy atom. The zero-order valence-corrected chi connectivity index (χ0v) is 11.4. The minimum absolute atomic E-state index is 0.0229. The van der Waals surface area contributed by atoms with E-state index in [-0.39, 0.29) is 5.82 Å². The minimum atomic E-state index is -0.450. The number of fused-ring (bicyclic) bond motifs is 1. The molecular weight excluding hydrogens is 301 g/mol. The second-order valence-corrected chi connectivity index (χ2v) is 4.70. The van der Waals surface area contributed by atoms with Gasteiger partial charge in [-0.1, -0.05) is 23.2 Å². The van der Waals surface area contributed by atoms with Crippen LogP contribution in [-0.4, -0.2) is 25.5 Å². The summed E-state index contributed by atoms with van der Waals surface area (Å²) in [5.74, 6) is -0.0737. The zero-order valence-electron chi connectivity index (χ0n) is 9.92. The fourth-order valence-electron chi connectivity index (χ4n) is 1.59. The summed E-state index contributed by atoms with van der Waals surface area (Å²) in [5, 5.41) is 7.43. The number of halogens is 2. The molecule has 3 rings (SSSR count). The third-order valence-corrected chi connectivity index (χ3v) is 3.24. The Labute approximate surface area is 123 Å². The Balaban J connectivity index is 1.86. The first-order chi connectivity index (χ1) is 9.63. The summed E-state index contributed by atoms with van der Waals surface area (Å²) in [6, 6.07) is 6.48. The summed E-state index contributed by atoms with van der Waals surface area (Å²) >= 11 is 11.7. The van der Waals surface area contributed by atoms with Gasteiger partial charge in [0.15, 0.2) is 0 Å². The molecule has 8 heteroatoms. The van der Waals surface area contributed by atoms with Crippen molar-refractivity contribution in [2.24, 2.45) is 0 Å². The Hall–Kier alpha value is -2.18. The molecule has 6 nitrogen and oxygen atoms in total. The summed E-state index contributed by atoms with van der Waals surface area (Å²) in [4.78, 5) is 20.0. The van der Waals surface area contributed by atoms with Crippen LogP contribution < -0.4 is 5.32 Å². The van der Waals surface area contributed by atoms with Gasteiger partial charge in [0.25, 0.3) is 11.7 Å². The lowest BCUT2D eigenvalue weighted by Crippen LogP contribution is -2.13. The lowest BCUT2D eigenvalue weighted by atomic mass is 10.3. The maximum Gasteiger partial charge on any atom is 0.295 e. The number of benzene rings is 1. The van der Waals surface area contributed by atoms with E-state index in [9.17, 15) is 4.79 Å². The molecule has 0 aliphatic heterocycles. The largest absolute Gasteiger partial charge is 0.319 e. The maximum absolute atomic E-state index is 12.0. The van der Waals surface area contributed by atoms with Crippen LogP contribution in [0.1, 0.15) is 10.6 Å². The number of hydrogen-bond donors (Lipinski definition) is 1. The van der Waals surface area contributed by atoms with Crippen molar-refractivity contribution >= 4 is 40.6 Å². The Bertz CT molecular complexity index is 768. The fourth-order valence-corrected chi connectivity index (χ4v) is 1.89. The second kappa shape index (κ2) is 5.07. The van der Waals surface area contributed by atoms with Crippen molar-refractivity contribution in [3.63, 3.8) is 0 Å². The van der Waals surface area contributed by atoms with Crippen LogP contribution in [0, 0.1) is 0 Å². The molecule has 0 spiro atoms.